The lowest BCUT2D eigenvalue weighted by Gasteiger charge is -2.26. The molecule has 0 radical (unpaired) electrons. The standard InChI is InChI=1S/C34H58N8/c1-2-8-33(9-3-1)34-27-31(29-41-22-6-14-37-18-16-35-10-4-12-39-20-24-41)26-32(28-34)30-42-23-7-15-38-19-17-36-11-5-13-40-21-25-42/h1-3,8-9,26-28,35-40H,4-7,10-25,29-30H2. The van der Waals surface area contributed by atoms with Crippen LogP contribution in [-0.2, 0) is 13.1 Å². The second-order valence-corrected chi connectivity index (χ2v) is 11.9. The topological polar surface area (TPSA) is 78.7 Å². The van der Waals surface area contributed by atoms with E-state index in [2.05, 4.69) is 90.2 Å². The van der Waals surface area contributed by atoms with Crippen molar-refractivity contribution in [2.45, 2.75) is 38.8 Å². The van der Waals surface area contributed by atoms with Gasteiger partial charge in [0.1, 0.15) is 0 Å². The molecule has 2 aromatic rings. The van der Waals surface area contributed by atoms with Crippen LogP contribution in [-0.4, -0.2) is 115 Å². The van der Waals surface area contributed by atoms with Gasteiger partial charge in [-0.15, -0.1) is 0 Å². The first-order valence-corrected chi connectivity index (χ1v) is 16.7. The van der Waals surface area contributed by atoms with E-state index in [1.807, 2.05) is 0 Å². The maximum absolute atomic E-state index is 3.68. The fourth-order valence-electron chi connectivity index (χ4n) is 5.91. The summed E-state index contributed by atoms with van der Waals surface area (Å²) in [5.74, 6) is 0. The van der Waals surface area contributed by atoms with E-state index < -0.39 is 0 Å². The molecule has 0 aromatic heterocycles. The summed E-state index contributed by atoms with van der Waals surface area (Å²) >= 11 is 0. The Hall–Kier alpha value is -1.88. The van der Waals surface area contributed by atoms with E-state index >= 15 is 0 Å². The Morgan fingerprint density at radius 2 is 0.833 bits per heavy atom. The SMILES string of the molecule is c1ccc(-c2cc(CN3CCCNCCNCCCNCC3)cc(CN3CCCNCCNCCCNCC3)c2)cc1. The third-order valence-corrected chi connectivity index (χ3v) is 8.21. The molecule has 2 aromatic carbocycles. The van der Waals surface area contributed by atoms with E-state index in [9.17, 15) is 0 Å². The van der Waals surface area contributed by atoms with Crippen LogP contribution in [0.3, 0.4) is 0 Å². The maximum atomic E-state index is 3.68. The molecule has 6 N–H and O–H groups in total. The van der Waals surface area contributed by atoms with Crippen molar-refractivity contribution in [3.05, 3.63) is 59.7 Å². The van der Waals surface area contributed by atoms with E-state index in [1.54, 1.807) is 0 Å². The molecule has 0 bridgehead atoms. The van der Waals surface area contributed by atoms with Crippen molar-refractivity contribution in [1.82, 2.24) is 41.7 Å². The smallest absolute Gasteiger partial charge is 0.0234 e. The molecule has 0 atom stereocenters. The lowest BCUT2D eigenvalue weighted by atomic mass is 9.99. The molecule has 42 heavy (non-hydrogen) atoms. The molecule has 0 unspecified atom stereocenters. The molecule has 2 saturated heterocycles. The molecule has 0 saturated carbocycles. The van der Waals surface area contributed by atoms with Gasteiger partial charge in [0.2, 0.25) is 0 Å². The lowest BCUT2D eigenvalue weighted by molar-refractivity contribution is 0.256. The van der Waals surface area contributed by atoms with Gasteiger partial charge in [-0.25, -0.2) is 0 Å². The molecule has 8 heteroatoms. The van der Waals surface area contributed by atoms with Gasteiger partial charge in [-0.1, -0.05) is 36.4 Å². The zero-order chi connectivity index (χ0) is 28.9. The zero-order valence-corrected chi connectivity index (χ0v) is 26.1. The van der Waals surface area contributed by atoms with Crippen LogP contribution in [0, 0.1) is 0 Å². The monoisotopic (exact) mass is 578 g/mol. The van der Waals surface area contributed by atoms with E-state index in [-0.39, 0.29) is 0 Å². The molecule has 4 rings (SSSR count). The second-order valence-electron chi connectivity index (χ2n) is 11.9. The quantitative estimate of drug-likeness (QED) is 0.322. The van der Waals surface area contributed by atoms with E-state index in [0.717, 1.165) is 118 Å². The number of rotatable bonds is 5. The van der Waals surface area contributed by atoms with Gasteiger partial charge in [0, 0.05) is 65.4 Å². The van der Waals surface area contributed by atoms with Gasteiger partial charge >= 0.3 is 0 Å². The summed E-state index contributed by atoms with van der Waals surface area (Å²) < 4.78 is 0. The molecular formula is C34H58N8. The Morgan fingerprint density at radius 1 is 0.405 bits per heavy atom. The predicted octanol–water partition coefficient (Wildman–Crippen LogP) is 2.08. The Labute approximate surface area is 255 Å². The van der Waals surface area contributed by atoms with Crippen molar-refractivity contribution in [3.63, 3.8) is 0 Å². The van der Waals surface area contributed by atoms with Crippen molar-refractivity contribution in [3.8, 4) is 11.1 Å². The lowest BCUT2D eigenvalue weighted by Crippen LogP contribution is -2.37. The molecule has 2 fully saturated rings. The van der Waals surface area contributed by atoms with E-state index in [0.29, 0.717) is 0 Å². The minimum absolute atomic E-state index is 0.996. The first-order chi connectivity index (χ1) is 20.9. The number of hydrogen-bond acceptors (Lipinski definition) is 8. The second kappa shape index (κ2) is 20.9. The largest absolute Gasteiger partial charge is 0.315 e. The van der Waals surface area contributed by atoms with E-state index in [1.165, 1.54) is 47.9 Å². The van der Waals surface area contributed by atoms with Gasteiger partial charge in [-0.2, -0.15) is 0 Å². The molecule has 2 heterocycles. The third kappa shape index (κ3) is 13.6. The molecular weight excluding hydrogens is 520 g/mol. The van der Waals surface area contributed by atoms with Crippen molar-refractivity contribution in [2.75, 3.05) is 105 Å². The molecule has 0 amide bonds. The summed E-state index contributed by atoms with van der Waals surface area (Å²) in [6, 6.07) is 18.3. The third-order valence-electron chi connectivity index (χ3n) is 8.21. The van der Waals surface area contributed by atoms with Crippen molar-refractivity contribution >= 4 is 0 Å². The summed E-state index contributed by atoms with van der Waals surface area (Å²) in [5.41, 5.74) is 5.51. The van der Waals surface area contributed by atoms with Crippen LogP contribution in [0.4, 0.5) is 0 Å². The fraction of sp³-hybridized carbons (Fsp3) is 0.647. The Balaban J connectivity index is 1.46. The fourth-order valence-corrected chi connectivity index (χ4v) is 5.91. The van der Waals surface area contributed by atoms with Crippen LogP contribution in [0.25, 0.3) is 11.1 Å². The normalized spacial score (nSPS) is 21.2. The Morgan fingerprint density at radius 3 is 1.31 bits per heavy atom. The van der Waals surface area contributed by atoms with Gasteiger partial charge in [0.05, 0.1) is 0 Å². The summed E-state index contributed by atoms with van der Waals surface area (Å²) in [6.45, 7) is 19.2. The van der Waals surface area contributed by atoms with Crippen molar-refractivity contribution in [2.24, 2.45) is 0 Å². The summed E-state index contributed by atoms with van der Waals surface area (Å²) in [6.07, 6.45) is 4.72. The highest BCUT2D eigenvalue weighted by Gasteiger charge is 2.12. The molecule has 0 aliphatic carbocycles. The number of nitrogens with one attached hydrogen (secondary N) is 6. The van der Waals surface area contributed by atoms with Gasteiger partial charge in [-0.05, 0) is 112 Å². The summed E-state index contributed by atoms with van der Waals surface area (Å²) in [4.78, 5) is 5.30. The van der Waals surface area contributed by atoms with Crippen LogP contribution < -0.4 is 31.9 Å². The minimum Gasteiger partial charge on any atom is -0.315 e. The highest BCUT2D eigenvalue weighted by Crippen LogP contribution is 2.24. The van der Waals surface area contributed by atoms with Crippen LogP contribution in [0.2, 0.25) is 0 Å². The minimum atomic E-state index is 0.996. The Kier molecular flexibility index (Phi) is 16.5. The molecule has 0 spiro atoms. The average Bonchev–Trinajstić information content (AvgIpc) is 3.01. The molecule has 234 valence electrons. The predicted molar refractivity (Wildman–Crippen MR) is 178 cm³/mol. The van der Waals surface area contributed by atoms with Gasteiger partial charge in [0.15, 0.2) is 0 Å². The van der Waals surface area contributed by atoms with Crippen LogP contribution in [0.15, 0.2) is 48.5 Å². The zero-order valence-electron chi connectivity index (χ0n) is 26.1. The van der Waals surface area contributed by atoms with Gasteiger partial charge < -0.3 is 31.9 Å². The molecule has 2 aliphatic heterocycles. The van der Waals surface area contributed by atoms with E-state index in [4.69, 9.17) is 0 Å². The molecule has 8 nitrogen and oxygen atoms in total. The van der Waals surface area contributed by atoms with Crippen molar-refractivity contribution in [1.29, 1.82) is 0 Å². The summed E-state index contributed by atoms with van der Waals surface area (Å²) in [5, 5.41) is 21.6. The first-order valence-electron chi connectivity index (χ1n) is 16.7. The van der Waals surface area contributed by atoms with Crippen LogP contribution >= 0.6 is 0 Å². The van der Waals surface area contributed by atoms with Crippen molar-refractivity contribution < 1.29 is 0 Å². The maximum Gasteiger partial charge on any atom is 0.0234 e. The summed E-state index contributed by atoms with van der Waals surface area (Å²) in [7, 11) is 0. The first kappa shape index (κ1) is 33.0. The van der Waals surface area contributed by atoms with Crippen LogP contribution in [0.5, 0.6) is 0 Å². The number of nitrogens with zero attached hydrogens (tertiary/aromatic N) is 2. The highest BCUT2D eigenvalue weighted by molar-refractivity contribution is 5.65. The van der Waals surface area contributed by atoms with Gasteiger partial charge in [-0.3, -0.25) is 9.80 Å². The highest BCUT2D eigenvalue weighted by atomic mass is 15.1. The number of benzene rings is 2. The van der Waals surface area contributed by atoms with Gasteiger partial charge in [0.25, 0.3) is 0 Å². The number of hydrogen-bond donors (Lipinski definition) is 6. The average molecular weight is 579 g/mol. The van der Waals surface area contributed by atoms with Crippen LogP contribution in [0.1, 0.15) is 36.8 Å². The molecule has 2 aliphatic rings. The Bertz CT molecular complexity index is 874.